The Labute approximate surface area is 324 Å². The smallest absolute Gasteiger partial charge is 0.202 e. The second kappa shape index (κ2) is 12.3. The van der Waals surface area contributed by atoms with Crippen molar-refractivity contribution in [1.82, 2.24) is 9.80 Å². The van der Waals surface area contributed by atoms with Gasteiger partial charge in [-0.1, -0.05) is 0 Å². The van der Waals surface area contributed by atoms with Crippen LogP contribution in [-0.2, 0) is 24.5 Å². The van der Waals surface area contributed by atoms with Crippen molar-refractivity contribution in [1.29, 1.82) is 0 Å². The quantitative estimate of drug-likeness (QED) is 0.209. The van der Waals surface area contributed by atoms with Gasteiger partial charge in [-0.3, -0.25) is 14.4 Å². The van der Waals surface area contributed by atoms with Gasteiger partial charge in [-0.05, 0) is 107 Å². The summed E-state index contributed by atoms with van der Waals surface area (Å²) in [4.78, 5) is 47.5. The number of aliphatic hydroxyl groups is 3. The summed E-state index contributed by atoms with van der Waals surface area (Å²) in [6, 6.07) is 3.80. The number of hydrogen-bond donors (Lipinski definition) is 4. The summed E-state index contributed by atoms with van der Waals surface area (Å²) in [5, 5.41) is 46.1. The maximum atomic E-state index is 15.2. The van der Waals surface area contributed by atoms with Crippen molar-refractivity contribution < 1.29 is 53.4 Å². The highest BCUT2D eigenvalue weighted by Gasteiger charge is 2.70. The monoisotopic (exact) mass is 774 g/mol. The molecule has 0 bridgehead atoms. The molecule has 4 N–H and O–H groups in total. The number of likely N-dealkylation sites (N-methyl/N-ethyl adjacent to an activating group) is 2. The van der Waals surface area contributed by atoms with Crippen LogP contribution in [0.15, 0.2) is 33.5 Å². The van der Waals surface area contributed by atoms with Crippen LogP contribution < -0.4 is 5.43 Å². The van der Waals surface area contributed by atoms with Gasteiger partial charge >= 0.3 is 0 Å². The Kier molecular flexibility index (Phi) is 8.51. The van der Waals surface area contributed by atoms with Crippen LogP contribution >= 0.6 is 0 Å². The number of nitrogens with zero attached hydrogens (tertiary/aromatic N) is 2. The van der Waals surface area contributed by atoms with Crippen molar-refractivity contribution in [3.63, 3.8) is 0 Å². The van der Waals surface area contributed by atoms with Gasteiger partial charge in [0.25, 0.3) is 0 Å². The maximum absolute atomic E-state index is 15.2. The van der Waals surface area contributed by atoms with E-state index in [1.807, 2.05) is 13.8 Å². The molecule has 0 saturated carbocycles. The van der Waals surface area contributed by atoms with Crippen molar-refractivity contribution in [3.05, 3.63) is 79.2 Å². The minimum absolute atomic E-state index is 0.0277. The SMILES string of the molecule is Cc1cc2c(c3oc([C@@]4(C)O[C@@H]4[C@H]4OC4(C)C)cc(=O)c13)C(=O)c1c(O)c([C@H]3C[C@](C)(N(C)C)[C@H](O)[C@](C)(O)O3)cc(C3=C[C@@H](N(C)C)[C@H](O)[C@H](C)O3)c1C2=O. The molecular formula is C42H50N2O12. The molecule has 4 aliphatic heterocycles. The van der Waals surface area contributed by atoms with Gasteiger partial charge in [-0.15, -0.1) is 0 Å². The molecule has 14 heteroatoms. The van der Waals surface area contributed by atoms with Gasteiger partial charge in [0.1, 0.15) is 53.4 Å². The van der Waals surface area contributed by atoms with E-state index in [2.05, 4.69) is 0 Å². The summed E-state index contributed by atoms with van der Waals surface area (Å²) in [6.45, 7) is 12.1. The first-order valence-corrected chi connectivity index (χ1v) is 18.9. The molecule has 5 aliphatic rings. The van der Waals surface area contributed by atoms with E-state index in [9.17, 15) is 30.0 Å². The van der Waals surface area contributed by atoms with E-state index < -0.39 is 81.8 Å². The van der Waals surface area contributed by atoms with Crippen molar-refractivity contribution in [3.8, 4) is 5.75 Å². The summed E-state index contributed by atoms with van der Waals surface area (Å²) in [5.41, 5.74) is -3.16. The Hall–Kier alpha value is -3.99. The van der Waals surface area contributed by atoms with Crippen molar-refractivity contribution in [2.75, 3.05) is 28.2 Å². The summed E-state index contributed by atoms with van der Waals surface area (Å²) in [5.74, 6) is -3.72. The first kappa shape index (κ1) is 38.9. The number of aromatic hydroxyl groups is 1. The molecule has 2 aromatic carbocycles. The van der Waals surface area contributed by atoms with Crippen LogP contribution in [0.3, 0.4) is 0 Å². The summed E-state index contributed by atoms with van der Waals surface area (Å²) >= 11 is 0. The van der Waals surface area contributed by atoms with Gasteiger partial charge in [0.2, 0.25) is 5.78 Å². The Morgan fingerprint density at radius 1 is 0.839 bits per heavy atom. The first-order chi connectivity index (χ1) is 25.9. The number of aryl methyl sites for hydroxylation is 1. The van der Waals surface area contributed by atoms with Crippen LogP contribution in [0, 0.1) is 6.92 Å². The molecule has 0 radical (unpaired) electrons. The zero-order chi connectivity index (χ0) is 40.9. The minimum atomic E-state index is -2.10. The van der Waals surface area contributed by atoms with E-state index >= 15 is 4.79 Å². The second-order valence-electron chi connectivity index (χ2n) is 17.7. The number of carbonyl (C=O) groups is 2. The molecule has 56 heavy (non-hydrogen) atoms. The largest absolute Gasteiger partial charge is 0.507 e. The van der Waals surface area contributed by atoms with E-state index in [-0.39, 0.29) is 68.4 Å². The fourth-order valence-electron chi connectivity index (χ4n) is 9.03. The van der Waals surface area contributed by atoms with Gasteiger partial charge in [-0.2, -0.15) is 0 Å². The number of rotatable bonds is 6. The number of ketones is 2. The molecule has 3 fully saturated rings. The number of hydrogen-bond acceptors (Lipinski definition) is 14. The number of carbonyl (C=O) groups excluding carboxylic acids is 2. The molecular weight excluding hydrogens is 724 g/mol. The third kappa shape index (κ3) is 5.48. The van der Waals surface area contributed by atoms with Gasteiger partial charge in [-0.25, -0.2) is 0 Å². The van der Waals surface area contributed by atoms with Crippen LogP contribution in [-0.4, -0.2) is 123 Å². The highest BCUT2D eigenvalue weighted by atomic mass is 16.7. The molecule has 3 aromatic rings. The standard InChI is InChI=1S/C42H50N2O12/c1-17-12-21-29(35-27(17)23(45)15-26(53-35)41(6)37(56-41)36-39(3,4)55-36)34(49)30-28(33(21)48)19(24-14-22(43(8)9)31(46)18(2)52-24)13-20(32(30)47)25-16-40(5,44(10)11)38(50)42(7,51)54-25/h12-15,18,22,25,31,36-38,46-47,50-51H,16H2,1-11H3/t18-,22+,25+,31+,36+,37+,38-,40-,41+,42+/m0/s1. The van der Waals surface area contributed by atoms with Crippen molar-refractivity contribution in [2.45, 2.75) is 120 Å². The van der Waals surface area contributed by atoms with Gasteiger partial charge in [0.05, 0.1) is 39.8 Å². The molecule has 0 amide bonds. The predicted octanol–water partition coefficient (Wildman–Crippen LogP) is 3.28. The normalized spacial score (nSPS) is 36.0. The van der Waals surface area contributed by atoms with Crippen molar-refractivity contribution in [2.24, 2.45) is 0 Å². The number of phenolic OH excluding ortho intramolecular Hbond substituents is 1. The number of epoxide rings is 2. The summed E-state index contributed by atoms with van der Waals surface area (Å²) < 4.78 is 30.7. The molecule has 0 spiro atoms. The summed E-state index contributed by atoms with van der Waals surface area (Å²) in [6.07, 6.45) is -3.06. The number of aliphatic hydroxyl groups excluding tert-OH is 2. The highest BCUT2D eigenvalue weighted by molar-refractivity contribution is 6.33. The zero-order valence-corrected chi connectivity index (χ0v) is 33.5. The maximum Gasteiger partial charge on any atom is 0.202 e. The Balaban J connectivity index is 1.37. The molecule has 3 saturated heterocycles. The molecule has 10 atom stereocenters. The van der Waals surface area contributed by atoms with Crippen LogP contribution in [0.2, 0.25) is 0 Å². The molecule has 300 valence electrons. The van der Waals surface area contributed by atoms with Crippen LogP contribution in [0.5, 0.6) is 5.75 Å². The fraction of sp³-hybridized carbons (Fsp3) is 0.548. The fourth-order valence-corrected chi connectivity index (χ4v) is 9.03. The number of phenols is 1. The summed E-state index contributed by atoms with van der Waals surface area (Å²) in [7, 11) is 7.07. The zero-order valence-electron chi connectivity index (χ0n) is 33.5. The van der Waals surface area contributed by atoms with E-state index in [4.69, 9.17) is 23.4 Å². The lowest BCUT2D eigenvalue weighted by Crippen LogP contribution is -2.65. The third-order valence-corrected chi connectivity index (χ3v) is 12.9. The molecule has 1 aliphatic carbocycles. The topological polar surface area (TPSA) is 195 Å². The van der Waals surface area contributed by atoms with E-state index in [1.165, 1.54) is 25.1 Å². The van der Waals surface area contributed by atoms with Crippen LogP contribution in [0.25, 0.3) is 16.7 Å². The van der Waals surface area contributed by atoms with Crippen molar-refractivity contribution >= 4 is 28.3 Å². The van der Waals surface area contributed by atoms with E-state index in [0.29, 0.717) is 5.56 Å². The molecule has 8 rings (SSSR count). The first-order valence-electron chi connectivity index (χ1n) is 18.9. The van der Waals surface area contributed by atoms with E-state index in [1.54, 1.807) is 71.8 Å². The number of ether oxygens (including phenoxy) is 4. The molecule has 0 unspecified atom stereocenters. The Morgan fingerprint density at radius 3 is 2.11 bits per heavy atom. The van der Waals surface area contributed by atoms with Gasteiger partial charge in [0, 0.05) is 28.3 Å². The van der Waals surface area contributed by atoms with Gasteiger partial charge < -0.3 is 53.6 Å². The number of benzene rings is 2. The average Bonchev–Trinajstić information content (AvgIpc) is 3.98. The number of fused-ring (bicyclic) bond motifs is 4. The lowest BCUT2D eigenvalue weighted by molar-refractivity contribution is -0.322. The van der Waals surface area contributed by atoms with Crippen LogP contribution in [0.1, 0.15) is 108 Å². The lowest BCUT2D eigenvalue weighted by atomic mass is 9.75. The Bertz CT molecular complexity index is 2330. The lowest BCUT2D eigenvalue weighted by Gasteiger charge is -2.52. The average molecular weight is 775 g/mol. The highest BCUT2D eigenvalue weighted by Crippen LogP contribution is 2.57. The molecule has 5 heterocycles. The van der Waals surface area contributed by atoms with Gasteiger partial charge in [0.15, 0.2) is 22.6 Å². The minimum Gasteiger partial charge on any atom is -0.507 e. The third-order valence-electron chi connectivity index (χ3n) is 12.9. The molecule has 1 aromatic heterocycles. The predicted molar refractivity (Wildman–Crippen MR) is 203 cm³/mol. The molecule has 14 nitrogen and oxygen atoms in total. The van der Waals surface area contributed by atoms with Crippen LogP contribution in [0.4, 0.5) is 0 Å². The Morgan fingerprint density at radius 2 is 1.50 bits per heavy atom. The second-order valence-corrected chi connectivity index (χ2v) is 17.7. The van der Waals surface area contributed by atoms with E-state index in [0.717, 1.165) is 0 Å².